The minimum absolute atomic E-state index is 0.105. The summed E-state index contributed by atoms with van der Waals surface area (Å²) >= 11 is 0. The first-order valence-electron chi connectivity index (χ1n) is 7.72. The molecule has 0 aliphatic heterocycles. The van der Waals surface area contributed by atoms with Crippen LogP contribution in [0.2, 0.25) is 0 Å². The summed E-state index contributed by atoms with van der Waals surface area (Å²) in [6, 6.07) is 0. The molecular formula is C15H36N4O. The zero-order valence-electron chi connectivity index (χ0n) is 14.5. The Morgan fingerprint density at radius 2 is 1.30 bits per heavy atom. The molecular weight excluding hydrogens is 252 g/mol. The standard InChI is InChI=1S/C15H36N4O/c1-15(2,3)20-19(6)12-8-11-18(5)14-13-17(4)10-7-9-16/h7-14,16H2,1-6H3. The minimum Gasteiger partial charge on any atom is -0.330 e. The second kappa shape index (κ2) is 10.5. The first-order valence-corrected chi connectivity index (χ1v) is 7.72. The van der Waals surface area contributed by atoms with Gasteiger partial charge >= 0.3 is 0 Å². The average Bonchev–Trinajstić information content (AvgIpc) is 2.31. The summed E-state index contributed by atoms with van der Waals surface area (Å²) in [5.41, 5.74) is 5.41. The van der Waals surface area contributed by atoms with Gasteiger partial charge in [0.25, 0.3) is 0 Å². The van der Waals surface area contributed by atoms with Crippen LogP contribution in [0.25, 0.3) is 0 Å². The fraction of sp³-hybridized carbons (Fsp3) is 1.00. The van der Waals surface area contributed by atoms with Crippen LogP contribution in [-0.4, -0.2) is 80.9 Å². The Morgan fingerprint density at radius 1 is 0.800 bits per heavy atom. The van der Waals surface area contributed by atoms with Crippen LogP contribution >= 0.6 is 0 Å². The van der Waals surface area contributed by atoms with E-state index in [1.165, 1.54) is 0 Å². The number of hydroxylamine groups is 2. The third kappa shape index (κ3) is 12.8. The summed E-state index contributed by atoms with van der Waals surface area (Å²) in [6.07, 6.45) is 2.20. The Morgan fingerprint density at radius 3 is 1.75 bits per heavy atom. The maximum absolute atomic E-state index is 5.76. The van der Waals surface area contributed by atoms with E-state index in [0.29, 0.717) is 0 Å². The molecule has 0 heterocycles. The molecule has 0 bridgehead atoms. The van der Waals surface area contributed by atoms with Crippen molar-refractivity contribution >= 4 is 0 Å². The quantitative estimate of drug-likeness (QED) is 0.580. The van der Waals surface area contributed by atoms with Crippen LogP contribution in [0.15, 0.2) is 0 Å². The number of hydrogen-bond acceptors (Lipinski definition) is 5. The Hall–Kier alpha value is -0.200. The number of rotatable bonds is 11. The van der Waals surface area contributed by atoms with Crippen molar-refractivity contribution in [1.29, 1.82) is 0 Å². The molecule has 5 nitrogen and oxygen atoms in total. The molecule has 0 aliphatic carbocycles. The van der Waals surface area contributed by atoms with Crippen molar-refractivity contribution in [3.05, 3.63) is 0 Å². The number of nitrogens with two attached hydrogens (primary N) is 1. The largest absolute Gasteiger partial charge is 0.330 e. The Labute approximate surface area is 126 Å². The minimum atomic E-state index is -0.105. The first kappa shape index (κ1) is 19.8. The topological polar surface area (TPSA) is 45.0 Å². The SMILES string of the molecule is CN(CCCN)CCN(C)CCCN(C)OC(C)(C)C. The van der Waals surface area contributed by atoms with Gasteiger partial charge in [-0.2, -0.15) is 5.06 Å². The third-order valence-electron chi connectivity index (χ3n) is 3.05. The summed E-state index contributed by atoms with van der Waals surface area (Å²) in [5, 5.41) is 1.95. The van der Waals surface area contributed by atoms with Crippen LogP contribution in [-0.2, 0) is 4.84 Å². The van der Waals surface area contributed by atoms with Gasteiger partial charge in [-0.15, -0.1) is 0 Å². The maximum Gasteiger partial charge on any atom is 0.0815 e. The molecule has 0 aromatic heterocycles. The van der Waals surface area contributed by atoms with Crippen molar-refractivity contribution in [2.75, 3.05) is 60.4 Å². The summed E-state index contributed by atoms with van der Waals surface area (Å²) in [5.74, 6) is 0. The van der Waals surface area contributed by atoms with Crippen LogP contribution in [0.4, 0.5) is 0 Å². The smallest absolute Gasteiger partial charge is 0.0815 e. The van der Waals surface area contributed by atoms with Crippen molar-refractivity contribution < 1.29 is 4.84 Å². The van der Waals surface area contributed by atoms with Crippen molar-refractivity contribution in [3.63, 3.8) is 0 Å². The van der Waals surface area contributed by atoms with Crippen molar-refractivity contribution in [2.24, 2.45) is 5.73 Å². The molecule has 5 heteroatoms. The predicted octanol–water partition coefficient (Wildman–Crippen LogP) is 1.25. The van der Waals surface area contributed by atoms with Crippen molar-refractivity contribution in [2.45, 2.75) is 39.2 Å². The number of nitrogens with zero attached hydrogens (tertiary/aromatic N) is 3. The highest BCUT2D eigenvalue weighted by Crippen LogP contribution is 2.08. The third-order valence-corrected chi connectivity index (χ3v) is 3.05. The average molecular weight is 288 g/mol. The number of hydrogen-bond donors (Lipinski definition) is 1. The maximum atomic E-state index is 5.76. The van der Waals surface area contributed by atoms with E-state index in [1.54, 1.807) is 0 Å². The van der Waals surface area contributed by atoms with E-state index in [9.17, 15) is 0 Å². The summed E-state index contributed by atoms with van der Waals surface area (Å²) in [7, 11) is 6.35. The molecule has 0 atom stereocenters. The van der Waals surface area contributed by atoms with E-state index in [1.807, 2.05) is 12.1 Å². The molecule has 0 aromatic carbocycles. The van der Waals surface area contributed by atoms with Gasteiger partial charge < -0.3 is 15.5 Å². The van der Waals surface area contributed by atoms with Gasteiger partial charge in [-0.1, -0.05) is 0 Å². The van der Waals surface area contributed by atoms with E-state index in [2.05, 4.69) is 44.7 Å². The number of likely N-dealkylation sites (N-methyl/N-ethyl adjacent to an activating group) is 2. The molecule has 20 heavy (non-hydrogen) atoms. The zero-order chi connectivity index (χ0) is 15.6. The van der Waals surface area contributed by atoms with Crippen LogP contribution < -0.4 is 5.73 Å². The summed E-state index contributed by atoms with van der Waals surface area (Å²) in [6.45, 7) is 12.4. The van der Waals surface area contributed by atoms with Gasteiger partial charge in [0.2, 0.25) is 0 Å². The second-order valence-corrected chi connectivity index (χ2v) is 6.66. The van der Waals surface area contributed by atoms with E-state index >= 15 is 0 Å². The van der Waals surface area contributed by atoms with E-state index < -0.39 is 0 Å². The monoisotopic (exact) mass is 288 g/mol. The lowest BCUT2D eigenvalue weighted by Crippen LogP contribution is -2.35. The first-order chi connectivity index (χ1) is 9.24. The normalized spacial score (nSPS) is 12.9. The Kier molecular flexibility index (Phi) is 10.4. The van der Waals surface area contributed by atoms with Crippen molar-refractivity contribution in [1.82, 2.24) is 14.9 Å². The molecule has 0 saturated carbocycles. The molecule has 0 rings (SSSR count). The lowest BCUT2D eigenvalue weighted by atomic mass is 10.2. The van der Waals surface area contributed by atoms with Crippen LogP contribution in [0, 0.1) is 0 Å². The summed E-state index contributed by atoms with van der Waals surface area (Å²) < 4.78 is 0. The van der Waals surface area contributed by atoms with Crippen molar-refractivity contribution in [3.8, 4) is 0 Å². The van der Waals surface area contributed by atoms with Gasteiger partial charge in [0, 0.05) is 26.7 Å². The molecule has 0 saturated heterocycles. The molecule has 0 fully saturated rings. The molecule has 0 amide bonds. The lowest BCUT2D eigenvalue weighted by Gasteiger charge is -2.27. The van der Waals surface area contributed by atoms with E-state index in [0.717, 1.165) is 52.1 Å². The van der Waals surface area contributed by atoms with Gasteiger partial charge in [-0.3, -0.25) is 4.84 Å². The second-order valence-electron chi connectivity index (χ2n) is 6.66. The molecule has 0 aliphatic rings. The predicted molar refractivity (Wildman–Crippen MR) is 86.8 cm³/mol. The molecule has 2 N–H and O–H groups in total. The Bertz CT molecular complexity index is 230. The Balaban J connectivity index is 3.60. The van der Waals surface area contributed by atoms with E-state index in [-0.39, 0.29) is 5.60 Å². The molecule has 0 radical (unpaired) electrons. The highest BCUT2D eigenvalue weighted by Gasteiger charge is 2.13. The molecule has 122 valence electrons. The van der Waals surface area contributed by atoms with Gasteiger partial charge in [-0.05, 0) is 67.3 Å². The summed E-state index contributed by atoms with van der Waals surface area (Å²) in [4.78, 5) is 10.5. The molecule has 0 spiro atoms. The fourth-order valence-electron chi connectivity index (χ4n) is 2.00. The van der Waals surface area contributed by atoms with Gasteiger partial charge in [0.15, 0.2) is 0 Å². The fourth-order valence-corrected chi connectivity index (χ4v) is 2.00. The molecule has 0 aromatic rings. The highest BCUT2D eigenvalue weighted by molar-refractivity contribution is 4.60. The van der Waals surface area contributed by atoms with Crippen LogP contribution in [0.1, 0.15) is 33.6 Å². The van der Waals surface area contributed by atoms with Gasteiger partial charge in [-0.25, -0.2) is 0 Å². The van der Waals surface area contributed by atoms with Gasteiger partial charge in [0.1, 0.15) is 0 Å². The lowest BCUT2D eigenvalue weighted by molar-refractivity contribution is -0.214. The van der Waals surface area contributed by atoms with Crippen LogP contribution in [0.3, 0.4) is 0 Å². The molecule has 0 unspecified atom stereocenters. The van der Waals surface area contributed by atoms with Gasteiger partial charge in [0.05, 0.1) is 5.60 Å². The van der Waals surface area contributed by atoms with E-state index in [4.69, 9.17) is 10.6 Å². The van der Waals surface area contributed by atoms with Crippen LogP contribution in [0.5, 0.6) is 0 Å². The zero-order valence-corrected chi connectivity index (χ0v) is 14.5. The highest BCUT2D eigenvalue weighted by atomic mass is 16.7.